The first-order chi connectivity index (χ1) is 30.0. The van der Waals surface area contributed by atoms with Gasteiger partial charge in [0, 0.05) is 75.2 Å². The number of nitrogens with two attached hydrogens (primary N) is 1. The van der Waals surface area contributed by atoms with Gasteiger partial charge in [0.1, 0.15) is 17.1 Å². The molecule has 20 heteroatoms. The molecule has 0 amide bonds. The predicted molar refractivity (Wildman–Crippen MR) is 231 cm³/mol. The Morgan fingerprint density at radius 2 is 1.40 bits per heavy atom. The minimum absolute atomic E-state index is 0.0844. The first-order valence-electron chi connectivity index (χ1n) is 20.0. The Balaban J connectivity index is 1.08. The van der Waals surface area contributed by atoms with Crippen LogP contribution in [-0.4, -0.2) is 102 Å². The summed E-state index contributed by atoms with van der Waals surface area (Å²) in [6.07, 6.45) is 0.313. The van der Waals surface area contributed by atoms with Crippen molar-refractivity contribution in [3.8, 4) is 28.4 Å². The number of sulfonamides is 1. The molecule has 4 N–H and O–H groups in total. The Kier molecular flexibility index (Phi) is 11.9. The van der Waals surface area contributed by atoms with Crippen LogP contribution in [0.4, 0.5) is 8.78 Å². The molecule has 13 nitrogen and oxygen atoms in total. The molecular weight excluding hydrogens is 926 g/mol. The van der Waals surface area contributed by atoms with E-state index < -0.39 is 68.7 Å². The molecule has 332 valence electrons. The van der Waals surface area contributed by atoms with Crippen LogP contribution in [0.1, 0.15) is 57.9 Å². The number of likely N-dealkylation sites (tertiary alicyclic amines) is 2. The monoisotopic (exact) mass is 963 g/mol. The topological polar surface area (TPSA) is 170 Å². The average Bonchev–Trinajstić information content (AvgIpc) is 4.07. The highest BCUT2D eigenvalue weighted by molar-refractivity contribution is 7.89. The van der Waals surface area contributed by atoms with Crippen LogP contribution in [0.25, 0.3) is 16.9 Å². The standard InChI is InChI=1S/C43H39Cl4F2N5O8S/c1-60-43(57)42-51-33(19-54(42)22-2-4-36(32(48)14-22)61-39-28-10-20(44)12-30(46)26(28)15-34(39)52-8-6-23(55)17-52)25-3-5-37(63(50,58)59)41(38(25)49)62-40-29-11-21(45)13-31(47)27(29)16-35(40)53-9-7-24(56)18-53/h2-5,10-14,19,23-24,34-35,39-40,55-56H,6-9,15-18H2,1H3,(H2,50,58,59)/t23-,24-,34+,35+,39+,40+/m1/s1. The summed E-state index contributed by atoms with van der Waals surface area (Å²) in [5.74, 6) is -4.12. The second kappa shape index (κ2) is 17.1. The molecule has 5 aromatic rings. The van der Waals surface area contributed by atoms with Gasteiger partial charge in [0.05, 0.1) is 42.8 Å². The van der Waals surface area contributed by atoms with Crippen LogP contribution in [0.15, 0.2) is 65.7 Å². The Labute approximate surface area is 380 Å². The molecule has 6 atom stereocenters. The van der Waals surface area contributed by atoms with Crippen molar-refractivity contribution in [3.63, 3.8) is 0 Å². The molecule has 0 saturated carbocycles. The maximum Gasteiger partial charge on any atom is 0.374 e. The number of benzene rings is 4. The summed E-state index contributed by atoms with van der Waals surface area (Å²) in [5.41, 5.74) is 2.32. The summed E-state index contributed by atoms with van der Waals surface area (Å²) in [4.78, 5) is 21.0. The van der Waals surface area contributed by atoms with Gasteiger partial charge >= 0.3 is 5.97 Å². The van der Waals surface area contributed by atoms with Gasteiger partial charge in [0.25, 0.3) is 0 Å². The Hall–Kier alpha value is -4.07. The van der Waals surface area contributed by atoms with Crippen LogP contribution in [0.3, 0.4) is 0 Å². The van der Waals surface area contributed by atoms with E-state index in [4.69, 9.17) is 65.8 Å². The minimum atomic E-state index is -4.60. The lowest BCUT2D eigenvalue weighted by molar-refractivity contribution is 0.0584. The van der Waals surface area contributed by atoms with Gasteiger partial charge in [0.15, 0.2) is 23.1 Å². The van der Waals surface area contributed by atoms with Gasteiger partial charge in [-0.2, -0.15) is 0 Å². The molecule has 2 aliphatic heterocycles. The lowest BCUT2D eigenvalue weighted by atomic mass is 10.1. The number of ether oxygens (including phenoxy) is 3. The highest BCUT2D eigenvalue weighted by atomic mass is 35.5. The van der Waals surface area contributed by atoms with Crippen LogP contribution in [-0.2, 0) is 27.6 Å². The second-order valence-corrected chi connectivity index (χ2v) is 19.3. The molecule has 9 rings (SSSR count). The summed E-state index contributed by atoms with van der Waals surface area (Å²) >= 11 is 26.0. The zero-order valence-electron chi connectivity index (χ0n) is 33.3. The van der Waals surface area contributed by atoms with E-state index in [1.165, 1.54) is 22.9 Å². The highest BCUT2D eigenvalue weighted by Gasteiger charge is 2.44. The van der Waals surface area contributed by atoms with Crippen molar-refractivity contribution in [3.05, 3.63) is 121 Å². The molecule has 63 heavy (non-hydrogen) atoms. The number of rotatable bonds is 10. The Morgan fingerprint density at radius 3 is 1.90 bits per heavy atom. The number of aromatic nitrogens is 2. The largest absolute Gasteiger partial charge is 0.481 e. The molecular formula is C43H39Cl4F2N5O8S. The Morgan fingerprint density at radius 1 is 0.825 bits per heavy atom. The maximum absolute atomic E-state index is 17.1. The number of halogens is 6. The van der Waals surface area contributed by atoms with Gasteiger partial charge in [-0.15, -0.1) is 0 Å². The van der Waals surface area contributed by atoms with Crippen molar-refractivity contribution in [2.24, 2.45) is 5.14 Å². The molecule has 0 unspecified atom stereocenters. The molecule has 4 aromatic carbocycles. The summed E-state index contributed by atoms with van der Waals surface area (Å²) in [6.45, 7) is 1.79. The van der Waals surface area contributed by atoms with Crippen LogP contribution in [0.5, 0.6) is 11.5 Å². The van der Waals surface area contributed by atoms with E-state index in [1.54, 1.807) is 24.3 Å². The van der Waals surface area contributed by atoms with E-state index in [2.05, 4.69) is 9.88 Å². The summed E-state index contributed by atoms with van der Waals surface area (Å²) in [7, 11) is -3.48. The van der Waals surface area contributed by atoms with Crippen molar-refractivity contribution in [2.45, 2.75) is 67.1 Å². The van der Waals surface area contributed by atoms with Crippen molar-refractivity contribution in [1.82, 2.24) is 19.4 Å². The van der Waals surface area contributed by atoms with Crippen molar-refractivity contribution < 1.29 is 46.4 Å². The molecule has 1 aromatic heterocycles. The fraction of sp³-hybridized carbons (Fsp3) is 0.349. The van der Waals surface area contributed by atoms with Crippen molar-refractivity contribution in [2.75, 3.05) is 33.3 Å². The maximum atomic E-state index is 17.1. The third-order valence-electron chi connectivity index (χ3n) is 12.3. The zero-order chi connectivity index (χ0) is 44.6. The van der Waals surface area contributed by atoms with E-state index >= 15 is 8.78 Å². The highest BCUT2D eigenvalue weighted by Crippen LogP contribution is 2.47. The number of β-amino-alcohol motifs (C(OH)–C–C–N with tert-alkyl or cyclic N) is 2. The number of aliphatic hydroxyl groups excluding tert-OH is 2. The summed E-state index contributed by atoms with van der Waals surface area (Å²) < 4.78 is 78.3. The molecule has 4 aliphatic rings. The van der Waals surface area contributed by atoms with Gasteiger partial charge in [-0.1, -0.05) is 46.4 Å². The van der Waals surface area contributed by atoms with Gasteiger partial charge in [-0.25, -0.2) is 32.1 Å². The van der Waals surface area contributed by atoms with E-state index in [9.17, 15) is 23.4 Å². The quantitative estimate of drug-likeness (QED) is 0.122. The first-order valence-corrected chi connectivity index (χ1v) is 23.0. The number of methoxy groups -OCH3 is 1. The molecule has 0 spiro atoms. The molecule has 2 aliphatic carbocycles. The molecule has 0 radical (unpaired) electrons. The van der Waals surface area contributed by atoms with E-state index in [-0.39, 0.29) is 46.1 Å². The van der Waals surface area contributed by atoms with Gasteiger partial charge in [0.2, 0.25) is 15.8 Å². The number of nitrogens with zero attached hydrogens (tertiary/aromatic N) is 4. The number of fused-ring (bicyclic) bond motifs is 2. The van der Waals surface area contributed by atoms with Crippen LogP contribution < -0.4 is 14.6 Å². The first kappa shape index (κ1) is 44.1. The molecule has 2 fully saturated rings. The number of carbonyl (C=O) groups is 1. The summed E-state index contributed by atoms with van der Waals surface area (Å²) in [6, 6.07) is 11.9. The zero-order valence-corrected chi connectivity index (χ0v) is 37.1. The fourth-order valence-electron chi connectivity index (χ4n) is 9.31. The lowest BCUT2D eigenvalue weighted by Gasteiger charge is -2.30. The van der Waals surface area contributed by atoms with Gasteiger partial charge < -0.3 is 24.4 Å². The van der Waals surface area contributed by atoms with Gasteiger partial charge in [-0.3, -0.25) is 14.4 Å². The van der Waals surface area contributed by atoms with E-state index in [0.29, 0.717) is 77.1 Å². The number of imidazole rings is 1. The van der Waals surface area contributed by atoms with Crippen LogP contribution in [0.2, 0.25) is 20.1 Å². The third kappa shape index (κ3) is 8.28. The number of aliphatic hydroxyl groups is 2. The fourth-order valence-corrected chi connectivity index (χ4v) is 11.1. The van der Waals surface area contributed by atoms with Crippen molar-refractivity contribution in [1.29, 1.82) is 0 Å². The predicted octanol–water partition coefficient (Wildman–Crippen LogP) is 7.09. The lowest BCUT2D eigenvalue weighted by Crippen LogP contribution is -2.39. The molecule has 3 heterocycles. The second-order valence-electron chi connectivity index (χ2n) is 16.1. The summed E-state index contributed by atoms with van der Waals surface area (Å²) in [5, 5.41) is 27.8. The smallest absolute Gasteiger partial charge is 0.374 e. The van der Waals surface area contributed by atoms with Crippen LogP contribution in [0, 0.1) is 11.6 Å². The number of hydrogen-bond acceptors (Lipinski definition) is 11. The average molecular weight is 966 g/mol. The van der Waals surface area contributed by atoms with E-state index in [1.807, 2.05) is 4.90 Å². The molecule has 0 bridgehead atoms. The Bertz CT molecular complexity index is 2780. The normalized spacial score (nSPS) is 23.6. The third-order valence-corrected chi connectivity index (χ3v) is 14.3. The van der Waals surface area contributed by atoms with Crippen molar-refractivity contribution >= 4 is 62.4 Å². The number of hydrogen-bond donors (Lipinski definition) is 3. The minimum Gasteiger partial charge on any atom is -0.481 e. The van der Waals surface area contributed by atoms with Crippen LogP contribution >= 0.6 is 46.4 Å². The van der Waals surface area contributed by atoms with E-state index in [0.717, 1.165) is 30.9 Å². The molecule has 2 saturated heterocycles. The van der Waals surface area contributed by atoms with Gasteiger partial charge in [-0.05, 0) is 85.3 Å². The SMILES string of the molecule is COC(=O)c1nc(-c2ccc(S(N)(=O)=O)c(O[C@H]3c4cc(Cl)cc(Cl)c4C[C@@H]3N3CC[C@@H](O)C3)c2F)cn1-c1ccc(O[C@H]2c3cc(Cl)cc(Cl)c3C[C@@H]2N2CC[C@@H](O)C2)c(F)c1. The number of primary sulfonamides is 1. The number of carbonyl (C=O) groups excluding carboxylic acids is 1. The number of esters is 1.